The molecule has 1 rings (SSSR count). The molecule has 0 aromatic heterocycles. The number of hydrogen-bond donors (Lipinski definition) is 1. The number of carbonyl (C=O) groups excluding carboxylic acids is 1. The highest BCUT2D eigenvalue weighted by Crippen LogP contribution is 2.19. The molecule has 0 aromatic carbocycles. The summed E-state index contributed by atoms with van der Waals surface area (Å²) in [5.41, 5.74) is 0. The van der Waals surface area contributed by atoms with Gasteiger partial charge in [0, 0.05) is 18.6 Å². The topological polar surface area (TPSA) is 40.5 Å². The fourth-order valence-corrected chi connectivity index (χ4v) is 2.13. The van der Waals surface area contributed by atoms with Gasteiger partial charge in [-0.2, -0.15) is 0 Å². The Morgan fingerprint density at radius 2 is 2.20 bits per heavy atom. The van der Waals surface area contributed by atoms with E-state index in [1.165, 1.54) is 12.8 Å². The number of aliphatic hydroxyl groups is 1. The van der Waals surface area contributed by atoms with Crippen LogP contribution in [-0.2, 0) is 4.79 Å². The lowest BCUT2D eigenvalue weighted by Gasteiger charge is -2.35. The minimum absolute atomic E-state index is 0.127. The Labute approximate surface area is 92.5 Å². The van der Waals surface area contributed by atoms with E-state index >= 15 is 0 Å². The monoisotopic (exact) mass is 213 g/mol. The second-order valence-corrected chi connectivity index (χ2v) is 4.75. The predicted octanol–water partition coefficient (Wildman–Crippen LogP) is 1.45. The molecule has 1 fully saturated rings. The van der Waals surface area contributed by atoms with E-state index in [0.717, 1.165) is 19.4 Å². The quantitative estimate of drug-likeness (QED) is 0.751. The summed E-state index contributed by atoms with van der Waals surface area (Å²) >= 11 is 0. The van der Waals surface area contributed by atoms with Crippen molar-refractivity contribution in [3.8, 4) is 0 Å². The molecule has 1 N–H and O–H groups in total. The Hall–Kier alpha value is -0.410. The average Bonchev–Trinajstić information content (AvgIpc) is 2.21. The lowest BCUT2D eigenvalue weighted by atomic mass is 9.98. The smallest absolute Gasteiger partial charge is 0.149 e. The van der Waals surface area contributed by atoms with E-state index in [1.807, 2.05) is 13.8 Å². The van der Waals surface area contributed by atoms with Gasteiger partial charge in [-0.3, -0.25) is 9.69 Å². The first kappa shape index (κ1) is 12.7. The van der Waals surface area contributed by atoms with Crippen LogP contribution in [-0.4, -0.2) is 41.5 Å². The lowest BCUT2D eigenvalue weighted by Crippen LogP contribution is -2.43. The van der Waals surface area contributed by atoms with Gasteiger partial charge in [-0.05, 0) is 25.8 Å². The highest BCUT2D eigenvalue weighted by molar-refractivity contribution is 5.82. The van der Waals surface area contributed by atoms with Crippen molar-refractivity contribution in [1.29, 1.82) is 0 Å². The molecule has 0 spiro atoms. The van der Waals surface area contributed by atoms with Gasteiger partial charge in [0.2, 0.25) is 0 Å². The van der Waals surface area contributed by atoms with Crippen LogP contribution in [0.1, 0.15) is 39.5 Å². The van der Waals surface area contributed by atoms with Gasteiger partial charge in [0.15, 0.2) is 0 Å². The summed E-state index contributed by atoms with van der Waals surface area (Å²) in [4.78, 5) is 13.9. The fraction of sp³-hybridized carbons (Fsp3) is 0.917. The summed E-state index contributed by atoms with van der Waals surface area (Å²) < 4.78 is 0. The number of hydrogen-bond acceptors (Lipinski definition) is 3. The van der Waals surface area contributed by atoms with Crippen molar-refractivity contribution in [3.63, 3.8) is 0 Å². The van der Waals surface area contributed by atoms with Crippen molar-refractivity contribution >= 4 is 5.78 Å². The Balaban J connectivity index is 2.45. The van der Waals surface area contributed by atoms with E-state index in [1.54, 1.807) is 0 Å². The molecule has 0 radical (unpaired) electrons. The first-order valence-electron chi connectivity index (χ1n) is 6.02. The van der Waals surface area contributed by atoms with Crippen LogP contribution in [0.15, 0.2) is 0 Å². The summed E-state index contributed by atoms with van der Waals surface area (Å²) in [7, 11) is 0. The minimum atomic E-state index is 0.127. The van der Waals surface area contributed by atoms with Crippen LogP contribution in [0.2, 0.25) is 0 Å². The highest BCUT2D eigenvalue weighted by atomic mass is 16.3. The van der Waals surface area contributed by atoms with Gasteiger partial charge < -0.3 is 5.11 Å². The van der Waals surface area contributed by atoms with Crippen LogP contribution >= 0.6 is 0 Å². The van der Waals surface area contributed by atoms with Crippen molar-refractivity contribution in [2.45, 2.75) is 45.6 Å². The molecule has 3 heteroatoms. The second-order valence-electron chi connectivity index (χ2n) is 4.75. The van der Waals surface area contributed by atoms with Gasteiger partial charge in [-0.1, -0.05) is 20.3 Å². The van der Waals surface area contributed by atoms with E-state index in [9.17, 15) is 4.79 Å². The van der Waals surface area contributed by atoms with Crippen molar-refractivity contribution in [2.24, 2.45) is 5.92 Å². The summed E-state index contributed by atoms with van der Waals surface area (Å²) in [5.74, 6) is 0.446. The zero-order valence-corrected chi connectivity index (χ0v) is 9.91. The summed E-state index contributed by atoms with van der Waals surface area (Å²) in [6.45, 7) is 5.73. The Morgan fingerprint density at radius 3 is 2.80 bits per heavy atom. The second kappa shape index (κ2) is 6.23. The molecule has 15 heavy (non-hydrogen) atoms. The molecular weight excluding hydrogens is 190 g/mol. The van der Waals surface area contributed by atoms with Gasteiger partial charge in [0.05, 0.1) is 6.54 Å². The number of nitrogens with zero attached hydrogens (tertiary/aromatic N) is 1. The van der Waals surface area contributed by atoms with E-state index in [2.05, 4.69) is 4.90 Å². The predicted molar refractivity (Wildman–Crippen MR) is 60.8 cm³/mol. The SMILES string of the molecule is CC(C)C(=O)CN1CCCCC1CCO. The Bertz CT molecular complexity index is 202. The number of likely N-dealkylation sites (tertiary alicyclic amines) is 1. The Morgan fingerprint density at radius 1 is 1.47 bits per heavy atom. The van der Waals surface area contributed by atoms with E-state index in [-0.39, 0.29) is 12.5 Å². The third-order valence-electron chi connectivity index (χ3n) is 3.21. The molecule has 1 atom stereocenters. The van der Waals surface area contributed by atoms with Crippen LogP contribution in [0.3, 0.4) is 0 Å². The van der Waals surface area contributed by atoms with Crippen molar-refractivity contribution in [1.82, 2.24) is 4.90 Å². The van der Waals surface area contributed by atoms with Crippen LogP contribution < -0.4 is 0 Å². The van der Waals surface area contributed by atoms with Crippen LogP contribution in [0.4, 0.5) is 0 Å². The molecule has 1 aliphatic rings. The molecule has 1 unspecified atom stereocenters. The van der Waals surface area contributed by atoms with Crippen LogP contribution in [0.5, 0.6) is 0 Å². The third-order valence-corrected chi connectivity index (χ3v) is 3.21. The maximum Gasteiger partial charge on any atom is 0.149 e. The first-order valence-corrected chi connectivity index (χ1v) is 6.02. The molecule has 0 aromatic rings. The average molecular weight is 213 g/mol. The maximum atomic E-state index is 11.7. The minimum Gasteiger partial charge on any atom is -0.396 e. The summed E-state index contributed by atoms with van der Waals surface area (Å²) in [6.07, 6.45) is 4.36. The molecule has 88 valence electrons. The molecular formula is C12H23NO2. The van der Waals surface area contributed by atoms with Gasteiger partial charge in [-0.25, -0.2) is 0 Å². The van der Waals surface area contributed by atoms with Crippen LogP contribution in [0.25, 0.3) is 0 Å². The summed E-state index contributed by atoms with van der Waals surface area (Å²) in [5, 5.41) is 8.97. The lowest BCUT2D eigenvalue weighted by molar-refractivity contribution is -0.124. The largest absolute Gasteiger partial charge is 0.396 e. The van der Waals surface area contributed by atoms with Gasteiger partial charge in [0.1, 0.15) is 5.78 Å². The normalized spacial score (nSPS) is 23.3. The van der Waals surface area contributed by atoms with Crippen molar-refractivity contribution in [3.05, 3.63) is 0 Å². The molecule has 0 saturated carbocycles. The van der Waals surface area contributed by atoms with Crippen molar-refractivity contribution in [2.75, 3.05) is 19.7 Å². The molecule has 0 amide bonds. The Kier molecular flexibility index (Phi) is 5.26. The third kappa shape index (κ3) is 3.92. The van der Waals surface area contributed by atoms with Crippen molar-refractivity contribution < 1.29 is 9.90 Å². The zero-order chi connectivity index (χ0) is 11.3. The van der Waals surface area contributed by atoms with E-state index < -0.39 is 0 Å². The zero-order valence-electron chi connectivity index (χ0n) is 9.91. The van der Waals surface area contributed by atoms with Gasteiger partial charge in [0.25, 0.3) is 0 Å². The first-order chi connectivity index (χ1) is 7.15. The number of ketones is 1. The molecule has 1 aliphatic heterocycles. The molecule has 0 aliphatic carbocycles. The summed E-state index contributed by atoms with van der Waals surface area (Å²) in [6, 6.07) is 0.423. The number of carbonyl (C=O) groups is 1. The molecule has 0 bridgehead atoms. The van der Waals surface area contributed by atoms with Gasteiger partial charge in [-0.15, -0.1) is 0 Å². The van der Waals surface area contributed by atoms with Crippen LogP contribution in [0, 0.1) is 5.92 Å². The number of piperidine rings is 1. The number of rotatable bonds is 5. The standard InChI is InChI=1S/C12H23NO2/c1-10(2)12(15)9-13-7-4-3-5-11(13)6-8-14/h10-11,14H,3-9H2,1-2H3. The maximum absolute atomic E-state index is 11.7. The van der Waals surface area contributed by atoms with E-state index in [4.69, 9.17) is 5.11 Å². The number of aliphatic hydroxyl groups excluding tert-OH is 1. The fourth-order valence-electron chi connectivity index (χ4n) is 2.13. The number of Topliss-reactive ketones (excluding diaryl/α,β-unsaturated/α-hetero) is 1. The molecule has 1 heterocycles. The van der Waals surface area contributed by atoms with E-state index in [0.29, 0.717) is 18.4 Å². The molecule has 3 nitrogen and oxygen atoms in total. The molecule has 1 saturated heterocycles. The van der Waals surface area contributed by atoms with Gasteiger partial charge >= 0.3 is 0 Å². The highest BCUT2D eigenvalue weighted by Gasteiger charge is 2.24.